The smallest absolute Gasteiger partial charge is 0.417 e. The fraction of sp³-hybridized carbons (Fsp3) is 0.444. The van der Waals surface area contributed by atoms with E-state index in [2.05, 4.69) is 0 Å². The van der Waals surface area contributed by atoms with Crippen molar-refractivity contribution in [2.75, 3.05) is 13.7 Å². The number of hydrogen-bond acceptors (Lipinski definition) is 6. The molecule has 0 N–H and O–H groups in total. The van der Waals surface area contributed by atoms with Crippen molar-refractivity contribution in [2.24, 2.45) is 0 Å². The number of carbonyl (C=O) groups excluding carboxylic acids is 2. The van der Waals surface area contributed by atoms with Crippen LogP contribution in [-0.4, -0.2) is 47.1 Å². The Morgan fingerprint density at radius 1 is 1.31 bits per heavy atom. The summed E-state index contributed by atoms with van der Waals surface area (Å²) in [4.78, 5) is 36.3. The largest absolute Gasteiger partial charge is 0.497 e. The Morgan fingerprint density at radius 3 is 2.42 bits per heavy atom. The van der Waals surface area contributed by atoms with Crippen LogP contribution in [-0.2, 0) is 9.53 Å². The van der Waals surface area contributed by atoms with Gasteiger partial charge in [-0.2, -0.15) is 0 Å². The van der Waals surface area contributed by atoms with Gasteiger partial charge in [-0.1, -0.05) is 18.2 Å². The van der Waals surface area contributed by atoms with Gasteiger partial charge in [0.2, 0.25) is 6.54 Å². The van der Waals surface area contributed by atoms with Crippen LogP contribution in [0.15, 0.2) is 36.4 Å². The topological polar surface area (TPSA) is 99.0 Å². The van der Waals surface area contributed by atoms with Gasteiger partial charge in [-0.3, -0.25) is 14.9 Å². The highest BCUT2D eigenvalue weighted by atomic mass is 16.6. The normalized spacial score (nSPS) is 17.9. The number of carbonyl (C=O) groups is 2. The molecule has 1 aliphatic heterocycles. The molecule has 0 saturated carbocycles. The summed E-state index contributed by atoms with van der Waals surface area (Å²) in [5, 5.41) is 11.2. The van der Waals surface area contributed by atoms with Gasteiger partial charge in [0, 0.05) is 11.0 Å². The van der Waals surface area contributed by atoms with Gasteiger partial charge in [-0.15, -0.1) is 0 Å². The number of benzene rings is 1. The molecule has 0 spiro atoms. The molecule has 1 aliphatic rings. The molecule has 8 heteroatoms. The zero-order chi connectivity index (χ0) is 19.5. The fourth-order valence-corrected chi connectivity index (χ4v) is 2.75. The molecular weight excluding hydrogens is 340 g/mol. The van der Waals surface area contributed by atoms with E-state index in [-0.39, 0.29) is 0 Å². The Hall–Kier alpha value is -2.90. The minimum absolute atomic E-state index is 0.437. The third-order valence-electron chi connectivity index (χ3n) is 3.86. The molecule has 0 aromatic heterocycles. The number of ether oxygens (including phenoxy) is 2. The number of amides is 2. The Labute approximate surface area is 151 Å². The van der Waals surface area contributed by atoms with E-state index < -0.39 is 41.0 Å². The van der Waals surface area contributed by atoms with Gasteiger partial charge >= 0.3 is 6.09 Å². The van der Waals surface area contributed by atoms with Crippen LogP contribution in [0.25, 0.3) is 0 Å². The predicted octanol–water partition coefficient (Wildman–Crippen LogP) is 2.76. The molecule has 0 fully saturated rings. The van der Waals surface area contributed by atoms with E-state index in [4.69, 9.17) is 9.47 Å². The molecule has 0 unspecified atom stereocenters. The van der Waals surface area contributed by atoms with Crippen molar-refractivity contribution >= 4 is 12.0 Å². The highest BCUT2D eigenvalue weighted by Gasteiger charge is 2.41. The van der Waals surface area contributed by atoms with Crippen molar-refractivity contribution in [3.8, 4) is 5.75 Å². The van der Waals surface area contributed by atoms with Crippen molar-refractivity contribution in [1.82, 2.24) is 4.90 Å². The molecule has 0 radical (unpaired) electrons. The number of rotatable bonds is 5. The maximum Gasteiger partial charge on any atom is 0.417 e. The lowest BCUT2D eigenvalue weighted by atomic mass is 9.91. The monoisotopic (exact) mass is 362 g/mol. The first-order valence-electron chi connectivity index (χ1n) is 8.12. The summed E-state index contributed by atoms with van der Waals surface area (Å²) in [6.45, 7) is 4.62. The molecule has 8 nitrogen and oxygen atoms in total. The maximum atomic E-state index is 12.5. The highest BCUT2D eigenvalue weighted by Crippen LogP contribution is 2.31. The van der Waals surface area contributed by atoms with Crippen molar-refractivity contribution in [1.29, 1.82) is 0 Å². The second kappa shape index (κ2) is 7.55. The third-order valence-corrected chi connectivity index (χ3v) is 3.86. The summed E-state index contributed by atoms with van der Waals surface area (Å²) in [6, 6.07) is 5.95. The SMILES string of the molecule is COc1ccc([C@H](C[N+](=O)[O-])[C@H]2C=CC(=O)N2C(=O)OC(C)(C)C)cc1. The molecule has 0 bridgehead atoms. The molecule has 2 rings (SSSR count). The summed E-state index contributed by atoms with van der Waals surface area (Å²) in [6.07, 6.45) is 1.93. The Kier molecular flexibility index (Phi) is 5.64. The molecule has 2 amide bonds. The van der Waals surface area contributed by atoms with Gasteiger partial charge in [-0.05, 0) is 38.5 Å². The van der Waals surface area contributed by atoms with Crippen LogP contribution < -0.4 is 4.74 Å². The Morgan fingerprint density at radius 2 is 1.92 bits per heavy atom. The summed E-state index contributed by atoms with van der Waals surface area (Å²) in [5.74, 6) is -0.645. The average Bonchev–Trinajstić information content (AvgIpc) is 2.92. The predicted molar refractivity (Wildman–Crippen MR) is 93.6 cm³/mol. The maximum absolute atomic E-state index is 12.5. The van der Waals surface area contributed by atoms with Crippen LogP contribution in [0.2, 0.25) is 0 Å². The molecule has 1 aromatic rings. The lowest BCUT2D eigenvalue weighted by Crippen LogP contribution is -2.46. The average molecular weight is 362 g/mol. The summed E-state index contributed by atoms with van der Waals surface area (Å²) in [7, 11) is 1.52. The zero-order valence-corrected chi connectivity index (χ0v) is 15.2. The van der Waals surface area contributed by atoms with Crippen molar-refractivity contribution in [3.63, 3.8) is 0 Å². The van der Waals surface area contributed by atoms with Crippen LogP contribution in [0.3, 0.4) is 0 Å². The third kappa shape index (κ3) is 4.59. The van der Waals surface area contributed by atoms with E-state index in [0.29, 0.717) is 11.3 Å². The first-order valence-corrected chi connectivity index (χ1v) is 8.12. The number of imide groups is 1. The molecule has 26 heavy (non-hydrogen) atoms. The summed E-state index contributed by atoms with van der Waals surface area (Å²) >= 11 is 0. The first kappa shape index (κ1) is 19.4. The summed E-state index contributed by atoms with van der Waals surface area (Å²) < 4.78 is 10.4. The molecule has 140 valence electrons. The lowest BCUT2D eigenvalue weighted by molar-refractivity contribution is -0.484. The molecule has 0 saturated heterocycles. The van der Waals surface area contributed by atoms with Crippen LogP contribution in [0.4, 0.5) is 4.79 Å². The molecule has 0 aliphatic carbocycles. The molecule has 2 atom stereocenters. The second-order valence-electron chi connectivity index (χ2n) is 6.93. The van der Waals surface area contributed by atoms with E-state index in [1.165, 1.54) is 19.3 Å². The quantitative estimate of drug-likeness (QED) is 0.590. The van der Waals surface area contributed by atoms with Crippen LogP contribution in [0.5, 0.6) is 5.75 Å². The van der Waals surface area contributed by atoms with Crippen molar-refractivity contribution < 1.29 is 24.0 Å². The van der Waals surface area contributed by atoms with E-state index in [1.54, 1.807) is 45.0 Å². The minimum atomic E-state index is -0.820. The molecule has 1 aromatic carbocycles. The van der Waals surface area contributed by atoms with E-state index >= 15 is 0 Å². The van der Waals surface area contributed by atoms with Gasteiger partial charge in [-0.25, -0.2) is 9.69 Å². The first-order chi connectivity index (χ1) is 12.1. The number of nitro groups is 1. The molecule has 1 heterocycles. The highest BCUT2D eigenvalue weighted by molar-refractivity contribution is 6.01. The van der Waals surface area contributed by atoms with Gasteiger partial charge < -0.3 is 9.47 Å². The van der Waals surface area contributed by atoms with Crippen LogP contribution in [0, 0.1) is 10.1 Å². The zero-order valence-electron chi connectivity index (χ0n) is 15.2. The van der Waals surface area contributed by atoms with Crippen LogP contribution in [0.1, 0.15) is 32.3 Å². The number of nitrogens with zero attached hydrogens (tertiary/aromatic N) is 2. The lowest BCUT2D eigenvalue weighted by Gasteiger charge is -2.30. The number of hydrogen-bond donors (Lipinski definition) is 0. The van der Waals surface area contributed by atoms with Gasteiger partial charge in [0.15, 0.2) is 0 Å². The van der Waals surface area contributed by atoms with Crippen molar-refractivity contribution in [3.05, 3.63) is 52.1 Å². The van der Waals surface area contributed by atoms with Gasteiger partial charge in [0.25, 0.3) is 5.91 Å². The minimum Gasteiger partial charge on any atom is -0.497 e. The second-order valence-corrected chi connectivity index (χ2v) is 6.93. The van der Waals surface area contributed by atoms with Gasteiger partial charge in [0.1, 0.15) is 11.4 Å². The fourth-order valence-electron chi connectivity index (χ4n) is 2.75. The van der Waals surface area contributed by atoms with E-state index in [1.807, 2.05) is 0 Å². The van der Waals surface area contributed by atoms with Crippen LogP contribution >= 0.6 is 0 Å². The van der Waals surface area contributed by atoms with Gasteiger partial charge in [0.05, 0.1) is 19.1 Å². The number of methoxy groups -OCH3 is 1. The standard InChI is InChI=1S/C18H22N2O6/c1-18(2,3)26-17(22)20-15(9-10-16(20)21)14(11-19(23)24)12-5-7-13(25-4)8-6-12/h5-10,14-15H,11H2,1-4H3/t14-,15+/m0/s1. The Balaban J connectivity index is 2.35. The molecular formula is C18H22N2O6. The van der Waals surface area contributed by atoms with Crippen molar-refractivity contribution in [2.45, 2.75) is 38.3 Å². The summed E-state index contributed by atoms with van der Waals surface area (Å²) in [5.41, 5.74) is -0.163. The van der Waals surface area contributed by atoms with E-state index in [9.17, 15) is 19.7 Å². The van der Waals surface area contributed by atoms with E-state index in [0.717, 1.165) is 4.90 Å². The Bertz CT molecular complexity index is 720.